The third-order valence-corrected chi connectivity index (χ3v) is 5.84. The van der Waals surface area contributed by atoms with E-state index in [-0.39, 0.29) is 12.4 Å². The zero-order valence-electron chi connectivity index (χ0n) is 11.9. The van der Waals surface area contributed by atoms with Gasteiger partial charge in [0, 0.05) is 17.6 Å². The number of nitrogens with zero attached hydrogens (tertiary/aromatic N) is 3. The molecule has 0 bridgehead atoms. The zero-order valence-corrected chi connectivity index (χ0v) is 14.4. The molecule has 3 aromatic rings. The van der Waals surface area contributed by atoms with Crippen LogP contribution in [0.2, 0.25) is 0 Å². The Morgan fingerprint density at radius 2 is 2.14 bits per heavy atom. The standard InChI is InChI=1S/C15H16N4S2.ClH/c16-15-17-8-10(20-15)9-19-7-3-5-12(19)14-18-11-4-1-2-6-13(11)21-14;/h1-2,4,6,8,12H,3,5,7,9H2,(H2,16,17);1H. The summed E-state index contributed by atoms with van der Waals surface area (Å²) in [7, 11) is 0. The first-order valence-corrected chi connectivity index (χ1v) is 8.72. The molecular weight excluding hydrogens is 336 g/mol. The monoisotopic (exact) mass is 352 g/mol. The van der Waals surface area contributed by atoms with Gasteiger partial charge in [0.15, 0.2) is 5.13 Å². The van der Waals surface area contributed by atoms with E-state index in [1.165, 1.54) is 27.4 Å². The molecule has 22 heavy (non-hydrogen) atoms. The average molecular weight is 353 g/mol. The second kappa shape index (κ2) is 6.50. The first-order chi connectivity index (χ1) is 10.3. The highest BCUT2D eigenvalue weighted by molar-refractivity contribution is 7.18. The number of fused-ring (bicyclic) bond motifs is 1. The van der Waals surface area contributed by atoms with Gasteiger partial charge in [0.2, 0.25) is 0 Å². The third kappa shape index (κ3) is 2.96. The van der Waals surface area contributed by atoms with Crippen LogP contribution in [-0.2, 0) is 6.54 Å². The Labute approximate surface area is 143 Å². The van der Waals surface area contributed by atoms with Gasteiger partial charge in [-0.1, -0.05) is 12.1 Å². The van der Waals surface area contributed by atoms with Gasteiger partial charge in [-0.05, 0) is 31.5 Å². The van der Waals surface area contributed by atoms with Gasteiger partial charge in [0.1, 0.15) is 5.01 Å². The van der Waals surface area contributed by atoms with E-state index in [1.54, 1.807) is 11.3 Å². The number of anilines is 1. The average Bonchev–Trinajstić information content (AvgIpc) is 3.18. The maximum absolute atomic E-state index is 5.73. The second-order valence-electron chi connectivity index (χ2n) is 5.31. The minimum absolute atomic E-state index is 0. The topological polar surface area (TPSA) is 55.0 Å². The van der Waals surface area contributed by atoms with Crippen molar-refractivity contribution in [3.63, 3.8) is 0 Å². The van der Waals surface area contributed by atoms with Gasteiger partial charge in [-0.3, -0.25) is 4.90 Å². The summed E-state index contributed by atoms with van der Waals surface area (Å²) in [6.45, 7) is 2.05. The van der Waals surface area contributed by atoms with Crippen molar-refractivity contribution in [2.24, 2.45) is 0 Å². The fraction of sp³-hybridized carbons (Fsp3) is 0.333. The summed E-state index contributed by atoms with van der Waals surface area (Å²) in [4.78, 5) is 12.7. The molecule has 3 heterocycles. The Hall–Kier alpha value is -1.21. The molecule has 1 unspecified atom stereocenters. The lowest BCUT2D eigenvalue weighted by Gasteiger charge is -2.21. The summed E-state index contributed by atoms with van der Waals surface area (Å²) < 4.78 is 1.28. The van der Waals surface area contributed by atoms with Crippen molar-refractivity contribution in [1.82, 2.24) is 14.9 Å². The number of halogens is 1. The normalized spacial score (nSPS) is 18.6. The van der Waals surface area contributed by atoms with Crippen LogP contribution in [0.4, 0.5) is 5.13 Å². The first-order valence-electron chi connectivity index (χ1n) is 7.09. The van der Waals surface area contributed by atoms with E-state index in [0.29, 0.717) is 11.2 Å². The van der Waals surface area contributed by atoms with Crippen LogP contribution in [0.25, 0.3) is 10.2 Å². The van der Waals surface area contributed by atoms with Gasteiger partial charge >= 0.3 is 0 Å². The van der Waals surface area contributed by atoms with E-state index in [9.17, 15) is 0 Å². The maximum atomic E-state index is 5.73. The number of hydrogen-bond acceptors (Lipinski definition) is 6. The zero-order chi connectivity index (χ0) is 14.2. The Kier molecular flexibility index (Phi) is 4.63. The van der Waals surface area contributed by atoms with Gasteiger partial charge in [0.05, 0.1) is 16.3 Å². The molecule has 1 aliphatic rings. The van der Waals surface area contributed by atoms with Crippen LogP contribution >= 0.6 is 35.1 Å². The van der Waals surface area contributed by atoms with Crippen LogP contribution in [0.15, 0.2) is 30.5 Å². The van der Waals surface area contributed by atoms with Gasteiger partial charge < -0.3 is 5.73 Å². The number of hydrogen-bond donors (Lipinski definition) is 1. The van der Waals surface area contributed by atoms with Crippen LogP contribution in [-0.4, -0.2) is 21.4 Å². The Bertz CT molecular complexity index is 737. The molecule has 1 aromatic carbocycles. The van der Waals surface area contributed by atoms with E-state index in [4.69, 9.17) is 10.7 Å². The van der Waals surface area contributed by atoms with Crippen molar-refractivity contribution in [1.29, 1.82) is 0 Å². The highest BCUT2D eigenvalue weighted by atomic mass is 35.5. The molecule has 1 atom stereocenters. The fourth-order valence-corrected chi connectivity index (χ4v) is 4.77. The number of likely N-dealkylation sites (tertiary alicyclic amines) is 1. The summed E-state index contributed by atoms with van der Waals surface area (Å²) >= 11 is 3.41. The summed E-state index contributed by atoms with van der Waals surface area (Å²) in [6.07, 6.45) is 4.32. The van der Waals surface area contributed by atoms with Crippen molar-refractivity contribution in [3.8, 4) is 0 Å². The number of aromatic nitrogens is 2. The molecule has 0 radical (unpaired) electrons. The van der Waals surface area contributed by atoms with Crippen molar-refractivity contribution in [3.05, 3.63) is 40.3 Å². The SMILES string of the molecule is Cl.Nc1ncc(CN2CCCC2c2nc3ccccc3s2)s1. The Morgan fingerprint density at radius 1 is 1.27 bits per heavy atom. The van der Waals surface area contributed by atoms with Gasteiger partial charge in [-0.15, -0.1) is 35.1 Å². The molecule has 1 aliphatic heterocycles. The number of para-hydroxylation sites is 1. The lowest BCUT2D eigenvalue weighted by atomic mass is 10.2. The van der Waals surface area contributed by atoms with Crippen LogP contribution in [0, 0.1) is 0 Å². The van der Waals surface area contributed by atoms with Gasteiger partial charge in [0.25, 0.3) is 0 Å². The molecule has 0 amide bonds. The van der Waals surface area contributed by atoms with Crippen molar-refractivity contribution in [2.45, 2.75) is 25.4 Å². The van der Waals surface area contributed by atoms with Crippen molar-refractivity contribution in [2.75, 3.05) is 12.3 Å². The number of nitrogens with two attached hydrogens (primary N) is 1. The summed E-state index contributed by atoms with van der Waals surface area (Å²) in [5, 5.41) is 1.90. The molecule has 1 saturated heterocycles. The van der Waals surface area contributed by atoms with E-state index in [0.717, 1.165) is 18.6 Å². The molecule has 7 heteroatoms. The summed E-state index contributed by atoms with van der Waals surface area (Å²) in [5.74, 6) is 0. The molecule has 1 fully saturated rings. The molecule has 2 aromatic heterocycles. The van der Waals surface area contributed by atoms with Gasteiger partial charge in [-0.25, -0.2) is 9.97 Å². The van der Waals surface area contributed by atoms with E-state index in [1.807, 2.05) is 17.5 Å². The highest BCUT2D eigenvalue weighted by Crippen LogP contribution is 2.37. The number of rotatable bonds is 3. The fourth-order valence-electron chi connectivity index (χ4n) is 2.92. The van der Waals surface area contributed by atoms with Crippen LogP contribution in [0.1, 0.15) is 28.8 Å². The van der Waals surface area contributed by atoms with E-state index < -0.39 is 0 Å². The molecular formula is C15H17ClN4S2. The van der Waals surface area contributed by atoms with Gasteiger partial charge in [-0.2, -0.15) is 0 Å². The Balaban J connectivity index is 0.00000144. The minimum Gasteiger partial charge on any atom is -0.375 e. The molecule has 0 spiro atoms. The predicted octanol–water partition coefficient (Wildman–Crippen LogP) is 4.09. The number of nitrogen functional groups attached to an aromatic ring is 1. The summed E-state index contributed by atoms with van der Waals surface area (Å²) in [6, 6.07) is 8.82. The van der Waals surface area contributed by atoms with E-state index in [2.05, 4.69) is 34.1 Å². The molecule has 2 N–H and O–H groups in total. The Morgan fingerprint density at radius 3 is 2.91 bits per heavy atom. The second-order valence-corrected chi connectivity index (χ2v) is 7.52. The van der Waals surface area contributed by atoms with Crippen LogP contribution < -0.4 is 5.73 Å². The maximum Gasteiger partial charge on any atom is 0.180 e. The molecule has 4 rings (SSSR count). The quantitative estimate of drug-likeness (QED) is 0.771. The molecule has 0 aliphatic carbocycles. The third-order valence-electron chi connectivity index (χ3n) is 3.89. The smallest absolute Gasteiger partial charge is 0.180 e. The van der Waals surface area contributed by atoms with Crippen LogP contribution in [0.5, 0.6) is 0 Å². The van der Waals surface area contributed by atoms with Crippen molar-refractivity contribution >= 4 is 50.4 Å². The largest absolute Gasteiger partial charge is 0.375 e. The molecule has 116 valence electrons. The highest BCUT2D eigenvalue weighted by Gasteiger charge is 2.29. The number of thiazole rings is 2. The van der Waals surface area contributed by atoms with E-state index >= 15 is 0 Å². The van der Waals surface area contributed by atoms with Crippen molar-refractivity contribution < 1.29 is 0 Å². The summed E-state index contributed by atoms with van der Waals surface area (Å²) in [5.41, 5.74) is 6.85. The molecule has 4 nitrogen and oxygen atoms in total. The molecule has 0 saturated carbocycles. The first kappa shape index (κ1) is 15.7. The minimum atomic E-state index is 0. The predicted molar refractivity (Wildman–Crippen MR) is 95.8 cm³/mol. The number of benzene rings is 1. The van der Waals surface area contributed by atoms with Crippen LogP contribution in [0.3, 0.4) is 0 Å². The lowest BCUT2D eigenvalue weighted by molar-refractivity contribution is 0.250. The lowest BCUT2D eigenvalue weighted by Crippen LogP contribution is -2.22.